The third-order valence-electron chi connectivity index (χ3n) is 2.15. The SMILES string of the molecule is O=S([O-])CCC1CCNCC1. The monoisotopic (exact) mass is 176 g/mol. The van der Waals surface area contributed by atoms with Gasteiger partial charge in [-0.15, -0.1) is 0 Å². The molecule has 1 atom stereocenters. The van der Waals surface area contributed by atoms with Crippen molar-refractivity contribution in [3.63, 3.8) is 0 Å². The average Bonchev–Trinajstić information content (AvgIpc) is 2.03. The Bertz CT molecular complexity index is 134. The highest BCUT2D eigenvalue weighted by Crippen LogP contribution is 2.15. The second-order valence-electron chi connectivity index (χ2n) is 2.99. The highest BCUT2D eigenvalue weighted by molar-refractivity contribution is 7.79. The lowest BCUT2D eigenvalue weighted by atomic mass is 9.96. The van der Waals surface area contributed by atoms with Crippen LogP contribution in [0.2, 0.25) is 0 Å². The molecule has 4 heteroatoms. The zero-order valence-electron chi connectivity index (χ0n) is 6.54. The van der Waals surface area contributed by atoms with Crippen molar-refractivity contribution in [1.82, 2.24) is 5.32 Å². The Kier molecular flexibility index (Phi) is 4.04. The first-order valence-corrected chi connectivity index (χ1v) is 5.30. The van der Waals surface area contributed by atoms with E-state index in [-0.39, 0.29) is 0 Å². The first-order chi connectivity index (χ1) is 5.29. The number of hydrogen-bond donors (Lipinski definition) is 1. The zero-order valence-corrected chi connectivity index (χ0v) is 7.36. The zero-order chi connectivity index (χ0) is 8.10. The molecule has 0 bridgehead atoms. The fourth-order valence-electron chi connectivity index (χ4n) is 1.43. The molecule has 11 heavy (non-hydrogen) atoms. The van der Waals surface area contributed by atoms with E-state index in [1.165, 1.54) is 0 Å². The molecule has 0 aromatic rings. The van der Waals surface area contributed by atoms with E-state index in [4.69, 9.17) is 0 Å². The van der Waals surface area contributed by atoms with Crippen molar-refractivity contribution in [3.05, 3.63) is 0 Å². The van der Waals surface area contributed by atoms with Gasteiger partial charge in [-0.1, -0.05) is 11.1 Å². The summed E-state index contributed by atoms with van der Waals surface area (Å²) in [7, 11) is 0. The lowest BCUT2D eigenvalue weighted by molar-refractivity contribution is 0.364. The number of nitrogens with one attached hydrogen (secondary N) is 1. The highest BCUT2D eigenvalue weighted by atomic mass is 32.2. The summed E-state index contributed by atoms with van der Waals surface area (Å²) >= 11 is -1.84. The topological polar surface area (TPSA) is 52.2 Å². The van der Waals surface area contributed by atoms with Crippen molar-refractivity contribution >= 4 is 11.1 Å². The molecule has 1 unspecified atom stereocenters. The molecule has 1 aliphatic rings. The molecule has 1 fully saturated rings. The Labute approximate surface area is 69.9 Å². The van der Waals surface area contributed by atoms with Gasteiger partial charge in [0, 0.05) is 5.75 Å². The molecule has 66 valence electrons. The van der Waals surface area contributed by atoms with Crippen LogP contribution in [0.15, 0.2) is 0 Å². The Hall–Kier alpha value is 0.0700. The van der Waals surface area contributed by atoms with Crippen LogP contribution in [0.25, 0.3) is 0 Å². The molecule has 0 aromatic heterocycles. The van der Waals surface area contributed by atoms with E-state index in [2.05, 4.69) is 5.32 Å². The fraction of sp³-hybridized carbons (Fsp3) is 1.00. The maximum Gasteiger partial charge on any atom is 0.0104 e. The van der Waals surface area contributed by atoms with Crippen LogP contribution in [0.5, 0.6) is 0 Å². The molecule has 3 nitrogen and oxygen atoms in total. The molecule has 0 amide bonds. The van der Waals surface area contributed by atoms with Crippen molar-refractivity contribution < 1.29 is 8.76 Å². The molecule has 0 radical (unpaired) electrons. The van der Waals surface area contributed by atoms with Gasteiger partial charge in [0.15, 0.2) is 0 Å². The fourth-order valence-corrected chi connectivity index (χ4v) is 1.96. The molecule has 1 rings (SSSR count). The van der Waals surface area contributed by atoms with Gasteiger partial charge in [0.25, 0.3) is 0 Å². The van der Waals surface area contributed by atoms with Gasteiger partial charge in [-0.05, 0) is 38.3 Å². The molecule has 1 aliphatic heterocycles. The largest absolute Gasteiger partial charge is 0.772 e. The number of piperidine rings is 1. The van der Waals surface area contributed by atoms with Crippen LogP contribution in [0.1, 0.15) is 19.3 Å². The van der Waals surface area contributed by atoms with Crippen molar-refractivity contribution in [3.8, 4) is 0 Å². The van der Waals surface area contributed by atoms with Crippen molar-refractivity contribution in [2.45, 2.75) is 19.3 Å². The maximum absolute atomic E-state index is 10.2. The van der Waals surface area contributed by atoms with E-state index >= 15 is 0 Å². The Morgan fingerprint density at radius 1 is 1.45 bits per heavy atom. The molecule has 0 spiro atoms. The third-order valence-corrected chi connectivity index (χ3v) is 2.72. The van der Waals surface area contributed by atoms with Gasteiger partial charge in [0.2, 0.25) is 0 Å². The standard InChI is InChI=1S/C7H15NO2S/c9-11(10)6-3-7-1-4-8-5-2-7/h7-8H,1-6H2,(H,9,10)/p-1. The minimum Gasteiger partial charge on any atom is -0.772 e. The van der Waals surface area contributed by atoms with Gasteiger partial charge < -0.3 is 9.87 Å². The van der Waals surface area contributed by atoms with Gasteiger partial charge in [0.05, 0.1) is 0 Å². The van der Waals surface area contributed by atoms with Crippen LogP contribution in [0.3, 0.4) is 0 Å². The average molecular weight is 176 g/mol. The molecule has 1 heterocycles. The second-order valence-corrected chi connectivity index (χ2v) is 4.01. The quantitative estimate of drug-likeness (QED) is 0.627. The van der Waals surface area contributed by atoms with Crippen molar-refractivity contribution in [1.29, 1.82) is 0 Å². The summed E-state index contributed by atoms with van der Waals surface area (Å²) in [5, 5.41) is 3.25. The van der Waals surface area contributed by atoms with Gasteiger partial charge in [-0.3, -0.25) is 4.21 Å². The molecule has 1 saturated heterocycles. The summed E-state index contributed by atoms with van der Waals surface area (Å²) in [6.45, 7) is 2.10. The van der Waals surface area contributed by atoms with Gasteiger partial charge >= 0.3 is 0 Å². The van der Waals surface area contributed by atoms with Crippen LogP contribution in [-0.2, 0) is 11.1 Å². The maximum atomic E-state index is 10.2. The van der Waals surface area contributed by atoms with E-state index in [0.29, 0.717) is 11.7 Å². The normalized spacial score (nSPS) is 23.4. The molecule has 0 aromatic carbocycles. The summed E-state index contributed by atoms with van der Waals surface area (Å²) < 4.78 is 20.5. The summed E-state index contributed by atoms with van der Waals surface area (Å²) in [4.78, 5) is 0. The van der Waals surface area contributed by atoms with Gasteiger partial charge in [-0.2, -0.15) is 0 Å². The summed E-state index contributed by atoms with van der Waals surface area (Å²) in [5.41, 5.74) is 0. The minimum absolute atomic E-state index is 0.338. The van der Waals surface area contributed by atoms with Gasteiger partial charge in [-0.25, -0.2) is 0 Å². The van der Waals surface area contributed by atoms with Crippen LogP contribution in [0.4, 0.5) is 0 Å². The predicted octanol–water partition coefficient (Wildman–Crippen LogP) is 0.255. The highest BCUT2D eigenvalue weighted by Gasteiger charge is 2.11. The van der Waals surface area contributed by atoms with Crippen molar-refractivity contribution in [2.75, 3.05) is 18.8 Å². The molecular formula is C7H14NO2S-. The first kappa shape index (κ1) is 9.16. The summed E-state index contributed by atoms with van der Waals surface area (Å²) in [6.07, 6.45) is 3.12. The van der Waals surface area contributed by atoms with Crippen LogP contribution in [0, 0.1) is 5.92 Å². The van der Waals surface area contributed by atoms with Crippen molar-refractivity contribution in [2.24, 2.45) is 5.92 Å². The van der Waals surface area contributed by atoms with Crippen LogP contribution >= 0.6 is 0 Å². The third kappa shape index (κ3) is 3.84. The summed E-state index contributed by atoms with van der Waals surface area (Å²) in [5.74, 6) is 0.971. The lowest BCUT2D eigenvalue weighted by Crippen LogP contribution is -2.28. The van der Waals surface area contributed by atoms with Crippen LogP contribution in [-0.4, -0.2) is 27.6 Å². The molecule has 0 saturated carbocycles. The van der Waals surface area contributed by atoms with E-state index < -0.39 is 11.1 Å². The van der Waals surface area contributed by atoms with Gasteiger partial charge in [0.1, 0.15) is 0 Å². The minimum atomic E-state index is -1.84. The Morgan fingerprint density at radius 2 is 2.09 bits per heavy atom. The first-order valence-electron chi connectivity index (χ1n) is 4.05. The van der Waals surface area contributed by atoms with Crippen LogP contribution < -0.4 is 5.32 Å². The second kappa shape index (κ2) is 4.85. The smallest absolute Gasteiger partial charge is 0.0104 e. The van der Waals surface area contributed by atoms with E-state index in [9.17, 15) is 8.76 Å². The van der Waals surface area contributed by atoms with E-state index in [1.807, 2.05) is 0 Å². The lowest BCUT2D eigenvalue weighted by Gasteiger charge is -2.22. The van der Waals surface area contributed by atoms with E-state index in [1.54, 1.807) is 0 Å². The molecule has 0 aliphatic carbocycles. The number of hydrogen-bond acceptors (Lipinski definition) is 3. The predicted molar refractivity (Wildman–Crippen MR) is 44.0 cm³/mol. The molecule has 1 N–H and O–H groups in total. The summed E-state index contributed by atoms with van der Waals surface area (Å²) in [6, 6.07) is 0. The molecular weight excluding hydrogens is 162 g/mol. The Balaban J connectivity index is 2.09. The van der Waals surface area contributed by atoms with E-state index in [0.717, 1.165) is 32.4 Å². The Morgan fingerprint density at radius 3 is 2.64 bits per heavy atom. The number of rotatable bonds is 3.